The van der Waals surface area contributed by atoms with Crippen LogP contribution in [0.5, 0.6) is 11.5 Å². The van der Waals surface area contributed by atoms with Crippen molar-refractivity contribution in [2.45, 2.75) is 0 Å². The first-order chi connectivity index (χ1) is 17.7. The van der Waals surface area contributed by atoms with Crippen LogP contribution in [-0.2, 0) is 4.57 Å². The third-order valence-electron chi connectivity index (χ3n) is 5.76. The van der Waals surface area contributed by atoms with Gasteiger partial charge in [-0.25, -0.2) is 4.57 Å². The Morgan fingerprint density at radius 1 is 0.417 bits per heavy atom. The zero-order valence-corrected chi connectivity index (χ0v) is 21.4. The molecule has 0 unspecified atom stereocenters. The van der Waals surface area contributed by atoms with Gasteiger partial charge in [-0.05, 0) is 47.1 Å². The van der Waals surface area contributed by atoms with Crippen molar-refractivity contribution in [2.75, 3.05) is 0 Å². The fraction of sp³-hybridized carbons (Fsp3) is 0. The van der Waals surface area contributed by atoms with Crippen molar-refractivity contribution in [3.8, 4) is 11.5 Å². The van der Waals surface area contributed by atoms with E-state index < -0.39 is 14.5 Å². The number of benzene rings is 5. The standard InChI is InChI=1S/C31H26O3P2/c32-36(33-27-16-6-1-7-17-27,34-28-18-8-2-9-19-28)26-35(29-20-10-3-11-21-29,30-22-12-4-13-23-30)31-24-14-5-15-25-31/h1-26H. The second-order valence-electron chi connectivity index (χ2n) is 8.19. The molecule has 0 saturated carbocycles. The summed E-state index contributed by atoms with van der Waals surface area (Å²) in [7, 11) is -3.86. The van der Waals surface area contributed by atoms with Crippen LogP contribution in [0.3, 0.4) is 0 Å². The molecule has 5 heteroatoms. The molecule has 0 aliphatic rings. The molecule has 0 aliphatic carbocycles. The molecule has 5 aromatic rings. The van der Waals surface area contributed by atoms with Crippen LogP contribution < -0.4 is 25.0 Å². The number of hydrogen-bond acceptors (Lipinski definition) is 3. The first kappa shape index (κ1) is 23.9. The van der Waals surface area contributed by atoms with Crippen LogP contribution in [0.25, 0.3) is 0 Å². The van der Waals surface area contributed by atoms with Gasteiger partial charge in [-0.1, -0.05) is 127 Å². The largest absolute Gasteiger partial charge is 0.456 e. The summed E-state index contributed by atoms with van der Waals surface area (Å²) in [4.78, 5) is 0. The van der Waals surface area contributed by atoms with Gasteiger partial charge in [0.2, 0.25) is 0 Å². The molecule has 0 spiro atoms. The van der Waals surface area contributed by atoms with Gasteiger partial charge in [-0.2, -0.15) is 0 Å². The fourth-order valence-electron chi connectivity index (χ4n) is 4.17. The molecule has 0 amide bonds. The number of rotatable bonds is 8. The molecule has 0 aromatic heterocycles. The maximum atomic E-state index is 14.8. The van der Waals surface area contributed by atoms with Crippen molar-refractivity contribution < 1.29 is 13.6 Å². The predicted molar refractivity (Wildman–Crippen MR) is 153 cm³/mol. The summed E-state index contributed by atoms with van der Waals surface area (Å²) < 4.78 is 27.3. The van der Waals surface area contributed by atoms with E-state index in [0.29, 0.717) is 11.5 Å². The molecule has 0 fully saturated rings. The third kappa shape index (κ3) is 5.24. The van der Waals surface area contributed by atoms with Crippen LogP contribution in [0.4, 0.5) is 0 Å². The second kappa shape index (κ2) is 10.9. The molecule has 178 valence electrons. The highest BCUT2D eigenvalue weighted by Gasteiger charge is 2.35. The highest BCUT2D eigenvalue weighted by Crippen LogP contribution is 2.56. The molecule has 0 saturated heterocycles. The van der Waals surface area contributed by atoms with Crippen LogP contribution in [-0.4, -0.2) is 5.54 Å². The maximum Gasteiger partial charge on any atom is 0.456 e. The van der Waals surface area contributed by atoms with E-state index in [-0.39, 0.29) is 0 Å². The van der Waals surface area contributed by atoms with Gasteiger partial charge < -0.3 is 9.05 Å². The van der Waals surface area contributed by atoms with Gasteiger partial charge in [0.25, 0.3) is 0 Å². The molecule has 0 N–H and O–H groups in total. The van der Waals surface area contributed by atoms with Crippen molar-refractivity contribution in [1.82, 2.24) is 0 Å². The molecule has 3 nitrogen and oxygen atoms in total. The molecule has 0 atom stereocenters. The molecular weight excluding hydrogens is 482 g/mol. The summed E-state index contributed by atoms with van der Waals surface area (Å²) in [5.74, 6) is 0.973. The highest BCUT2D eigenvalue weighted by molar-refractivity contribution is 8.03. The molecule has 5 rings (SSSR count). The minimum absolute atomic E-state index is 0.486. The lowest BCUT2D eigenvalue weighted by Crippen LogP contribution is -2.27. The molecule has 0 heterocycles. The summed E-state index contributed by atoms with van der Waals surface area (Å²) >= 11 is 0. The average molecular weight is 508 g/mol. The minimum atomic E-state index is -3.86. The molecular formula is C31H26O3P2. The van der Waals surface area contributed by atoms with Gasteiger partial charge in [-0.15, -0.1) is 0 Å². The van der Waals surface area contributed by atoms with Crippen LogP contribution in [0.1, 0.15) is 0 Å². The van der Waals surface area contributed by atoms with Gasteiger partial charge in [0.15, 0.2) is 0 Å². The number of para-hydroxylation sites is 2. The van der Waals surface area contributed by atoms with Crippen molar-refractivity contribution in [3.05, 3.63) is 152 Å². The van der Waals surface area contributed by atoms with Crippen LogP contribution in [0.2, 0.25) is 0 Å². The lowest BCUT2D eigenvalue weighted by atomic mass is 10.3. The van der Waals surface area contributed by atoms with E-state index in [1.54, 1.807) is 24.3 Å². The Hall–Kier alpha value is -3.77. The molecule has 36 heavy (non-hydrogen) atoms. The Kier molecular flexibility index (Phi) is 7.23. The monoisotopic (exact) mass is 508 g/mol. The van der Waals surface area contributed by atoms with E-state index in [1.807, 2.05) is 96.5 Å². The summed E-state index contributed by atoms with van der Waals surface area (Å²) in [5.41, 5.74) is 1.86. The molecule has 0 bridgehead atoms. The van der Waals surface area contributed by atoms with Crippen LogP contribution >= 0.6 is 14.5 Å². The van der Waals surface area contributed by atoms with E-state index in [9.17, 15) is 4.57 Å². The smallest absolute Gasteiger partial charge is 0.413 e. The first-order valence-electron chi connectivity index (χ1n) is 11.7. The quantitative estimate of drug-likeness (QED) is 0.210. The highest BCUT2D eigenvalue weighted by atomic mass is 31.2. The van der Waals surface area contributed by atoms with E-state index in [4.69, 9.17) is 9.05 Å². The SMILES string of the molecule is O=P(C=P(c1ccccc1)(c1ccccc1)c1ccccc1)(Oc1ccccc1)Oc1ccccc1. The van der Waals surface area contributed by atoms with Gasteiger partial charge in [-0.3, -0.25) is 0 Å². The lowest BCUT2D eigenvalue weighted by Gasteiger charge is -2.30. The van der Waals surface area contributed by atoms with Gasteiger partial charge >= 0.3 is 7.60 Å². The summed E-state index contributed by atoms with van der Waals surface area (Å²) in [5, 5.41) is 3.20. The number of hydrogen-bond donors (Lipinski definition) is 0. The molecule has 0 aliphatic heterocycles. The van der Waals surface area contributed by atoms with Crippen molar-refractivity contribution in [1.29, 1.82) is 0 Å². The van der Waals surface area contributed by atoms with E-state index in [2.05, 4.69) is 36.4 Å². The normalized spacial score (nSPS) is 11.4. The zero-order chi connectivity index (χ0) is 24.7. The van der Waals surface area contributed by atoms with E-state index in [1.165, 1.54) is 0 Å². The average Bonchev–Trinajstić information content (AvgIpc) is 2.94. The first-order valence-corrected chi connectivity index (χ1v) is 15.2. The van der Waals surface area contributed by atoms with E-state index >= 15 is 0 Å². The zero-order valence-electron chi connectivity index (χ0n) is 19.6. The summed E-state index contributed by atoms with van der Waals surface area (Å²) in [6.45, 7) is -2.59. The Morgan fingerprint density at radius 2 is 0.694 bits per heavy atom. The topological polar surface area (TPSA) is 35.5 Å². The van der Waals surface area contributed by atoms with Gasteiger partial charge in [0.05, 0.1) is 5.54 Å². The fourth-order valence-corrected chi connectivity index (χ4v) is 11.5. The van der Waals surface area contributed by atoms with Gasteiger partial charge in [0.1, 0.15) is 11.5 Å². The van der Waals surface area contributed by atoms with Crippen molar-refractivity contribution in [2.24, 2.45) is 0 Å². The Labute approximate surface area is 212 Å². The lowest BCUT2D eigenvalue weighted by molar-refractivity contribution is 0.404. The minimum Gasteiger partial charge on any atom is -0.413 e. The Morgan fingerprint density at radius 3 is 1.00 bits per heavy atom. The van der Waals surface area contributed by atoms with Gasteiger partial charge in [0, 0.05) is 0 Å². The predicted octanol–water partition coefficient (Wildman–Crippen LogP) is 7.09. The maximum absolute atomic E-state index is 14.8. The van der Waals surface area contributed by atoms with Crippen molar-refractivity contribution >= 4 is 35.9 Å². The molecule has 0 radical (unpaired) electrons. The second-order valence-corrected chi connectivity index (χ2v) is 13.6. The van der Waals surface area contributed by atoms with Crippen LogP contribution in [0, 0.1) is 0 Å². The summed E-state index contributed by atoms with van der Waals surface area (Å²) in [6.07, 6.45) is 0. The van der Waals surface area contributed by atoms with E-state index in [0.717, 1.165) is 15.9 Å². The molecule has 5 aromatic carbocycles. The van der Waals surface area contributed by atoms with Crippen molar-refractivity contribution in [3.63, 3.8) is 0 Å². The Balaban J connectivity index is 1.83. The Bertz CT molecular complexity index is 1340. The van der Waals surface area contributed by atoms with Crippen LogP contribution in [0.15, 0.2) is 152 Å². The summed E-state index contributed by atoms with van der Waals surface area (Å²) in [6, 6.07) is 49.1. The third-order valence-corrected chi connectivity index (χ3v) is 12.5.